The minimum absolute atomic E-state index is 0.204. The van der Waals surface area contributed by atoms with E-state index in [2.05, 4.69) is 10.0 Å². The summed E-state index contributed by atoms with van der Waals surface area (Å²) in [6.45, 7) is 1.84. The number of carbonyl (C=O) groups excluding carboxylic acids is 1. The molecular weight excluding hydrogens is 332 g/mol. The number of nitrogens with one attached hydrogen (secondary N) is 2. The van der Waals surface area contributed by atoms with Gasteiger partial charge in [-0.3, -0.25) is 9.52 Å². The van der Waals surface area contributed by atoms with Crippen LogP contribution in [0.5, 0.6) is 0 Å². The summed E-state index contributed by atoms with van der Waals surface area (Å²) >= 11 is 1.57. The summed E-state index contributed by atoms with van der Waals surface area (Å²) in [5, 5.41) is 6.75. The van der Waals surface area contributed by atoms with Crippen LogP contribution in [-0.4, -0.2) is 20.6 Å². The molecule has 2 rings (SSSR count). The molecule has 2 N–H and O–H groups in total. The highest BCUT2D eigenvalue weighted by Crippen LogP contribution is 2.18. The van der Waals surface area contributed by atoms with E-state index in [-0.39, 0.29) is 11.9 Å². The smallest absolute Gasteiger partial charge is 0.244 e. The van der Waals surface area contributed by atoms with Crippen LogP contribution in [0.4, 0.5) is 5.69 Å². The Morgan fingerprint density at radius 3 is 2.74 bits per heavy atom. The number of carbonyl (C=O) groups is 1. The van der Waals surface area contributed by atoms with Crippen molar-refractivity contribution in [1.29, 1.82) is 0 Å². The molecule has 1 aromatic carbocycles. The first-order valence-electron chi connectivity index (χ1n) is 6.92. The number of hydrogen-bond donors (Lipinski definition) is 2. The summed E-state index contributed by atoms with van der Waals surface area (Å²) in [6, 6.07) is 8.63. The Kier molecular flexibility index (Phi) is 5.57. The lowest BCUT2D eigenvalue weighted by Gasteiger charge is -2.14. The highest BCUT2D eigenvalue weighted by molar-refractivity contribution is 7.92. The average Bonchev–Trinajstić information content (AvgIpc) is 2.97. The second kappa shape index (κ2) is 7.43. The molecule has 0 radical (unpaired) electrons. The first kappa shape index (κ1) is 17.2. The van der Waals surface area contributed by atoms with Gasteiger partial charge in [0.05, 0.1) is 12.3 Å². The molecule has 0 aliphatic rings. The van der Waals surface area contributed by atoms with Gasteiger partial charge in [0, 0.05) is 11.8 Å². The zero-order chi connectivity index (χ0) is 16.9. The Labute approximate surface area is 140 Å². The molecule has 0 aliphatic carbocycles. The number of sulfonamides is 1. The molecule has 0 bridgehead atoms. The van der Waals surface area contributed by atoms with Gasteiger partial charge in [0.15, 0.2) is 0 Å². The van der Waals surface area contributed by atoms with Crippen molar-refractivity contribution in [2.75, 3.05) is 11.0 Å². The van der Waals surface area contributed by atoms with E-state index in [1.807, 2.05) is 29.8 Å². The Balaban J connectivity index is 2.01. The summed E-state index contributed by atoms with van der Waals surface area (Å²) in [5.41, 5.74) is 2.27. The normalized spacial score (nSPS) is 13.0. The predicted molar refractivity (Wildman–Crippen MR) is 94.8 cm³/mol. The van der Waals surface area contributed by atoms with Crippen LogP contribution >= 0.6 is 11.3 Å². The molecule has 2 aromatic rings. The monoisotopic (exact) mass is 350 g/mol. The largest absolute Gasteiger partial charge is 0.346 e. The predicted octanol–water partition coefficient (Wildman–Crippen LogP) is 3.01. The first-order valence-corrected chi connectivity index (χ1v) is 9.75. The topological polar surface area (TPSA) is 75.3 Å². The fourth-order valence-electron chi connectivity index (χ4n) is 1.97. The van der Waals surface area contributed by atoms with Crippen LogP contribution in [0.2, 0.25) is 0 Å². The minimum Gasteiger partial charge on any atom is -0.346 e. The van der Waals surface area contributed by atoms with Crippen molar-refractivity contribution < 1.29 is 13.2 Å². The highest BCUT2D eigenvalue weighted by Gasteiger charge is 2.09. The van der Waals surface area contributed by atoms with E-state index in [1.54, 1.807) is 35.6 Å². The summed E-state index contributed by atoms with van der Waals surface area (Å²) in [6.07, 6.45) is 4.33. The molecule has 0 fully saturated rings. The van der Waals surface area contributed by atoms with Gasteiger partial charge in [-0.1, -0.05) is 12.1 Å². The third-order valence-corrected chi connectivity index (χ3v) is 4.33. The zero-order valence-electron chi connectivity index (χ0n) is 12.8. The number of anilines is 1. The quantitative estimate of drug-likeness (QED) is 0.787. The van der Waals surface area contributed by atoms with Crippen LogP contribution in [0, 0.1) is 0 Å². The summed E-state index contributed by atoms with van der Waals surface area (Å²) < 4.78 is 25.0. The van der Waals surface area contributed by atoms with Crippen molar-refractivity contribution in [3.63, 3.8) is 0 Å². The van der Waals surface area contributed by atoms with Gasteiger partial charge >= 0.3 is 0 Å². The summed E-state index contributed by atoms with van der Waals surface area (Å²) in [4.78, 5) is 11.9. The van der Waals surface area contributed by atoms with Crippen molar-refractivity contribution in [2.45, 2.75) is 13.0 Å². The molecule has 122 valence electrons. The van der Waals surface area contributed by atoms with Crippen molar-refractivity contribution in [3.05, 3.63) is 58.3 Å². The number of hydrogen-bond acceptors (Lipinski definition) is 4. The van der Waals surface area contributed by atoms with E-state index in [1.165, 1.54) is 6.08 Å². The molecule has 5 nitrogen and oxygen atoms in total. The second-order valence-corrected chi connectivity index (χ2v) is 7.65. The second-order valence-electron chi connectivity index (χ2n) is 5.12. The van der Waals surface area contributed by atoms with E-state index in [0.29, 0.717) is 5.69 Å². The molecule has 1 atom stereocenters. The van der Waals surface area contributed by atoms with Gasteiger partial charge < -0.3 is 5.32 Å². The maximum atomic E-state index is 11.9. The number of benzene rings is 1. The molecule has 0 aliphatic heterocycles. The Bertz CT molecular complexity index is 796. The van der Waals surface area contributed by atoms with Crippen LogP contribution in [-0.2, 0) is 14.8 Å². The van der Waals surface area contributed by atoms with Crippen LogP contribution in [0.1, 0.15) is 24.1 Å². The number of amides is 1. The first-order chi connectivity index (χ1) is 10.8. The fraction of sp³-hybridized carbons (Fsp3) is 0.188. The molecule has 1 amide bonds. The molecule has 0 saturated carbocycles. The Morgan fingerprint density at radius 2 is 2.09 bits per heavy atom. The van der Waals surface area contributed by atoms with Crippen molar-refractivity contribution in [3.8, 4) is 0 Å². The van der Waals surface area contributed by atoms with Crippen molar-refractivity contribution >= 4 is 39.0 Å². The van der Waals surface area contributed by atoms with Crippen LogP contribution in [0.15, 0.2) is 47.2 Å². The molecule has 7 heteroatoms. The number of rotatable bonds is 6. The molecule has 0 saturated heterocycles. The molecule has 1 aromatic heterocycles. The van der Waals surface area contributed by atoms with Gasteiger partial charge in [0.25, 0.3) is 0 Å². The standard InChI is InChI=1S/C16H18N2O3S2/c1-12(17-16(19)7-6-13-8-9-22-11-13)14-4-3-5-15(10-14)18-23(2,20)21/h3-12,18H,1-2H3,(H,17,19)/b7-6+. The lowest BCUT2D eigenvalue weighted by atomic mass is 10.1. The van der Waals surface area contributed by atoms with E-state index in [9.17, 15) is 13.2 Å². The molecule has 1 unspecified atom stereocenters. The van der Waals surface area contributed by atoms with Gasteiger partial charge in [0.2, 0.25) is 15.9 Å². The fourth-order valence-corrected chi connectivity index (χ4v) is 3.16. The van der Waals surface area contributed by atoms with E-state index in [0.717, 1.165) is 17.4 Å². The van der Waals surface area contributed by atoms with Crippen molar-refractivity contribution in [1.82, 2.24) is 5.32 Å². The van der Waals surface area contributed by atoms with Crippen LogP contribution in [0.3, 0.4) is 0 Å². The van der Waals surface area contributed by atoms with Crippen molar-refractivity contribution in [2.24, 2.45) is 0 Å². The van der Waals surface area contributed by atoms with Gasteiger partial charge in [-0.15, -0.1) is 0 Å². The van der Waals surface area contributed by atoms with Gasteiger partial charge in [-0.2, -0.15) is 11.3 Å². The van der Waals surface area contributed by atoms with Crippen LogP contribution in [0.25, 0.3) is 6.08 Å². The maximum Gasteiger partial charge on any atom is 0.244 e. The molecule has 0 spiro atoms. The maximum absolute atomic E-state index is 11.9. The Hall–Kier alpha value is -2.12. The SMILES string of the molecule is CC(NC(=O)/C=C/c1ccsc1)c1cccc(NS(C)(=O)=O)c1. The zero-order valence-corrected chi connectivity index (χ0v) is 14.4. The van der Waals surface area contributed by atoms with Gasteiger partial charge in [-0.25, -0.2) is 8.42 Å². The number of thiophene rings is 1. The highest BCUT2D eigenvalue weighted by atomic mass is 32.2. The van der Waals surface area contributed by atoms with E-state index in [4.69, 9.17) is 0 Å². The Morgan fingerprint density at radius 1 is 1.30 bits per heavy atom. The molecular formula is C16H18N2O3S2. The minimum atomic E-state index is -3.32. The molecule has 23 heavy (non-hydrogen) atoms. The lowest BCUT2D eigenvalue weighted by molar-refractivity contribution is -0.117. The average molecular weight is 350 g/mol. The van der Waals surface area contributed by atoms with Crippen LogP contribution < -0.4 is 10.0 Å². The lowest BCUT2D eigenvalue weighted by Crippen LogP contribution is -2.24. The van der Waals surface area contributed by atoms with Gasteiger partial charge in [0.1, 0.15) is 0 Å². The van der Waals surface area contributed by atoms with E-state index < -0.39 is 10.0 Å². The van der Waals surface area contributed by atoms with Gasteiger partial charge in [-0.05, 0) is 53.1 Å². The third-order valence-electron chi connectivity index (χ3n) is 3.02. The summed E-state index contributed by atoms with van der Waals surface area (Å²) in [7, 11) is -3.32. The molecule has 1 heterocycles. The third kappa shape index (κ3) is 5.88. The van der Waals surface area contributed by atoms with E-state index >= 15 is 0 Å². The summed E-state index contributed by atoms with van der Waals surface area (Å²) in [5.74, 6) is -0.204.